The number of hydrogen-bond acceptors (Lipinski definition) is 2. The van der Waals surface area contributed by atoms with E-state index in [0.717, 1.165) is 23.0 Å². The Balaban J connectivity index is 2.62. The van der Waals surface area contributed by atoms with Crippen molar-refractivity contribution in [2.45, 2.75) is 26.3 Å². The maximum Gasteiger partial charge on any atom is 0.252 e. The lowest BCUT2D eigenvalue weighted by molar-refractivity contribution is 0.0936. The Kier molecular flexibility index (Phi) is 5.82. The van der Waals surface area contributed by atoms with E-state index in [1.807, 2.05) is 46.1 Å². The molecule has 18 heavy (non-hydrogen) atoms. The summed E-state index contributed by atoms with van der Waals surface area (Å²) in [4.78, 5) is 14.2. The molecule has 0 fully saturated rings. The molecule has 4 heteroatoms. The third-order valence-electron chi connectivity index (χ3n) is 2.75. The highest BCUT2D eigenvalue weighted by Gasteiger charge is 2.13. The van der Waals surface area contributed by atoms with Crippen molar-refractivity contribution in [2.75, 3.05) is 20.6 Å². The highest BCUT2D eigenvalue weighted by molar-refractivity contribution is 9.10. The van der Waals surface area contributed by atoms with Crippen LogP contribution in [0.25, 0.3) is 0 Å². The van der Waals surface area contributed by atoms with E-state index in [1.165, 1.54) is 0 Å². The zero-order valence-corrected chi connectivity index (χ0v) is 13.0. The minimum absolute atomic E-state index is 0.0168. The molecule has 1 aromatic rings. The van der Waals surface area contributed by atoms with E-state index in [-0.39, 0.29) is 11.9 Å². The van der Waals surface area contributed by atoms with Crippen LogP contribution in [0.1, 0.15) is 29.3 Å². The summed E-state index contributed by atoms with van der Waals surface area (Å²) >= 11 is 3.41. The molecule has 0 aromatic heterocycles. The van der Waals surface area contributed by atoms with Crippen LogP contribution < -0.4 is 5.32 Å². The Labute approximate surface area is 118 Å². The maximum atomic E-state index is 12.1. The van der Waals surface area contributed by atoms with Crippen molar-refractivity contribution in [1.29, 1.82) is 0 Å². The number of aryl methyl sites for hydroxylation is 1. The van der Waals surface area contributed by atoms with Crippen LogP contribution in [0.3, 0.4) is 0 Å². The van der Waals surface area contributed by atoms with Crippen LogP contribution in [0.2, 0.25) is 0 Å². The van der Waals surface area contributed by atoms with E-state index in [9.17, 15) is 4.79 Å². The monoisotopic (exact) mass is 312 g/mol. The van der Waals surface area contributed by atoms with Crippen LogP contribution in [0.4, 0.5) is 0 Å². The van der Waals surface area contributed by atoms with E-state index in [1.54, 1.807) is 0 Å². The van der Waals surface area contributed by atoms with Gasteiger partial charge >= 0.3 is 0 Å². The number of carbonyl (C=O) groups is 1. The molecule has 0 heterocycles. The number of hydrogen-bond donors (Lipinski definition) is 1. The molecule has 0 bridgehead atoms. The summed E-state index contributed by atoms with van der Waals surface area (Å²) < 4.78 is 0.838. The Morgan fingerprint density at radius 1 is 1.44 bits per heavy atom. The van der Waals surface area contributed by atoms with Gasteiger partial charge in [-0.15, -0.1) is 0 Å². The van der Waals surface area contributed by atoms with Crippen LogP contribution in [0.5, 0.6) is 0 Å². The van der Waals surface area contributed by atoms with Gasteiger partial charge in [0, 0.05) is 10.5 Å². The molecule has 0 aliphatic carbocycles. The molecule has 1 atom stereocenters. The molecule has 0 aliphatic rings. The number of nitrogens with zero attached hydrogens (tertiary/aromatic N) is 1. The fraction of sp³-hybridized carbons (Fsp3) is 0.500. The molecular formula is C14H21BrN2O. The molecule has 1 unspecified atom stereocenters. The lowest BCUT2D eigenvalue weighted by Crippen LogP contribution is -2.35. The van der Waals surface area contributed by atoms with Gasteiger partial charge in [0.25, 0.3) is 5.91 Å². The summed E-state index contributed by atoms with van der Waals surface area (Å²) in [7, 11) is 4.07. The van der Waals surface area contributed by atoms with Crippen LogP contribution in [-0.4, -0.2) is 37.5 Å². The van der Waals surface area contributed by atoms with Gasteiger partial charge in [-0.05, 0) is 69.0 Å². The first-order valence-corrected chi connectivity index (χ1v) is 6.91. The molecule has 0 spiro atoms. The fourth-order valence-corrected chi connectivity index (χ4v) is 2.07. The van der Waals surface area contributed by atoms with Gasteiger partial charge in [0.05, 0.1) is 5.56 Å². The van der Waals surface area contributed by atoms with Gasteiger partial charge in [-0.25, -0.2) is 0 Å². The Hall–Kier alpha value is -0.870. The molecule has 1 amide bonds. The standard InChI is InChI=1S/C14H21BrN2O/c1-10-5-6-13(15)12(9-10)14(18)16-11(2)7-8-17(3)4/h5-6,9,11H,7-8H2,1-4H3,(H,16,18). The molecule has 0 saturated heterocycles. The van der Waals surface area contributed by atoms with Gasteiger partial charge in [0.2, 0.25) is 0 Å². The summed E-state index contributed by atoms with van der Waals surface area (Å²) in [6.07, 6.45) is 0.947. The molecule has 0 saturated carbocycles. The largest absolute Gasteiger partial charge is 0.350 e. The van der Waals surface area contributed by atoms with Crippen LogP contribution >= 0.6 is 15.9 Å². The third-order valence-corrected chi connectivity index (χ3v) is 3.44. The van der Waals surface area contributed by atoms with Crippen molar-refractivity contribution < 1.29 is 4.79 Å². The fourth-order valence-electron chi connectivity index (χ4n) is 1.64. The Bertz CT molecular complexity index is 418. The van der Waals surface area contributed by atoms with Crippen LogP contribution in [-0.2, 0) is 0 Å². The van der Waals surface area contributed by atoms with Crippen molar-refractivity contribution in [1.82, 2.24) is 10.2 Å². The second kappa shape index (κ2) is 6.90. The zero-order chi connectivity index (χ0) is 13.7. The first-order valence-electron chi connectivity index (χ1n) is 6.12. The van der Waals surface area contributed by atoms with E-state index in [4.69, 9.17) is 0 Å². The lowest BCUT2D eigenvalue weighted by atomic mass is 10.1. The predicted molar refractivity (Wildman–Crippen MR) is 79.0 cm³/mol. The number of halogens is 1. The molecule has 0 aliphatic heterocycles. The quantitative estimate of drug-likeness (QED) is 0.906. The van der Waals surface area contributed by atoms with Crippen LogP contribution in [0, 0.1) is 6.92 Å². The summed E-state index contributed by atoms with van der Waals surface area (Å²) in [5, 5.41) is 3.02. The van der Waals surface area contributed by atoms with Crippen molar-refractivity contribution in [3.05, 3.63) is 33.8 Å². The predicted octanol–water partition coefficient (Wildman–Crippen LogP) is 2.83. The number of rotatable bonds is 5. The average molecular weight is 313 g/mol. The van der Waals surface area contributed by atoms with Gasteiger partial charge in [-0.3, -0.25) is 4.79 Å². The van der Waals surface area contributed by atoms with Gasteiger partial charge in [0.1, 0.15) is 0 Å². The van der Waals surface area contributed by atoms with E-state index >= 15 is 0 Å². The Morgan fingerprint density at radius 3 is 2.72 bits per heavy atom. The minimum atomic E-state index is -0.0168. The molecule has 1 N–H and O–H groups in total. The summed E-state index contributed by atoms with van der Waals surface area (Å²) in [6.45, 7) is 4.99. The molecule has 0 radical (unpaired) electrons. The van der Waals surface area contributed by atoms with Gasteiger partial charge in [-0.2, -0.15) is 0 Å². The molecular weight excluding hydrogens is 292 g/mol. The zero-order valence-electron chi connectivity index (χ0n) is 11.5. The summed E-state index contributed by atoms with van der Waals surface area (Å²) in [6, 6.07) is 5.97. The summed E-state index contributed by atoms with van der Waals surface area (Å²) in [5.74, 6) is -0.0168. The average Bonchev–Trinajstić information content (AvgIpc) is 2.29. The molecule has 1 aromatic carbocycles. The third kappa shape index (κ3) is 4.78. The second-order valence-corrected chi connectivity index (χ2v) is 5.80. The highest BCUT2D eigenvalue weighted by atomic mass is 79.9. The van der Waals surface area contributed by atoms with E-state index in [0.29, 0.717) is 5.56 Å². The van der Waals surface area contributed by atoms with Crippen molar-refractivity contribution in [3.63, 3.8) is 0 Å². The SMILES string of the molecule is Cc1ccc(Br)c(C(=O)NC(C)CCN(C)C)c1. The van der Waals surface area contributed by atoms with Crippen LogP contribution in [0.15, 0.2) is 22.7 Å². The van der Waals surface area contributed by atoms with Crippen molar-refractivity contribution in [2.24, 2.45) is 0 Å². The molecule has 3 nitrogen and oxygen atoms in total. The molecule has 100 valence electrons. The summed E-state index contributed by atoms with van der Waals surface area (Å²) in [5.41, 5.74) is 1.79. The maximum absolute atomic E-state index is 12.1. The number of amides is 1. The van der Waals surface area contributed by atoms with E-state index in [2.05, 4.69) is 26.1 Å². The number of nitrogens with one attached hydrogen (secondary N) is 1. The van der Waals surface area contributed by atoms with E-state index < -0.39 is 0 Å². The molecule has 1 rings (SSSR count). The van der Waals surface area contributed by atoms with Gasteiger partial charge in [0.15, 0.2) is 0 Å². The smallest absolute Gasteiger partial charge is 0.252 e. The highest BCUT2D eigenvalue weighted by Crippen LogP contribution is 2.18. The second-order valence-electron chi connectivity index (χ2n) is 4.95. The number of benzene rings is 1. The first-order chi connectivity index (χ1) is 8.40. The van der Waals surface area contributed by atoms with Crippen molar-refractivity contribution >= 4 is 21.8 Å². The number of carbonyl (C=O) groups excluding carboxylic acids is 1. The minimum Gasteiger partial charge on any atom is -0.350 e. The lowest BCUT2D eigenvalue weighted by Gasteiger charge is -2.17. The van der Waals surface area contributed by atoms with Crippen molar-refractivity contribution in [3.8, 4) is 0 Å². The van der Waals surface area contributed by atoms with Gasteiger partial charge in [-0.1, -0.05) is 11.6 Å². The van der Waals surface area contributed by atoms with Gasteiger partial charge < -0.3 is 10.2 Å². The normalized spacial score (nSPS) is 12.6. The first kappa shape index (κ1) is 15.2. The topological polar surface area (TPSA) is 32.3 Å². The Morgan fingerprint density at radius 2 is 2.11 bits per heavy atom.